The number of nitrogens with zero attached hydrogens (tertiary/aromatic N) is 1. The number of methoxy groups -OCH3 is 1. The molecule has 3 rings (SSSR count). The van der Waals surface area contributed by atoms with Crippen LogP contribution in [0.15, 0.2) is 60.7 Å². The van der Waals surface area contributed by atoms with Gasteiger partial charge in [0.2, 0.25) is 0 Å². The molecule has 0 aliphatic rings. The van der Waals surface area contributed by atoms with E-state index in [0.717, 1.165) is 48.5 Å². The third kappa shape index (κ3) is 4.40. The number of primary amides is 1. The number of amides is 1. The normalized spacial score (nSPS) is 10.7. The van der Waals surface area contributed by atoms with Gasteiger partial charge in [0.15, 0.2) is 0 Å². The zero-order valence-electron chi connectivity index (χ0n) is 15.9. The summed E-state index contributed by atoms with van der Waals surface area (Å²) in [5.41, 5.74) is 10.5. The monoisotopic (exact) mass is 362 g/mol. The number of ether oxygens (including phenoxy) is 1. The summed E-state index contributed by atoms with van der Waals surface area (Å²) in [6.45, 7) is 2.81. The maximum absolute atomic E-state index is 11.8. The van der Waals surface area contributed by atoms with Crippen LogP contribution in [0.4, 0.5) is 0 Å². The summed E-state index contributed by atoms with van der Waals surface area (Å²) in [7, 11) is 1.65. The summed E-state index contributed by atoms with van der Waals surface area (Å²) >= 11 is 0. The van der Waals surface area contributed by atoms with Gasteiger partial charge in [-0.2, -0.15) is 0 Å². The molecule has 0 saturated carbocycles. The van der Waals surface area contributed by atoms with Crippen molar-refractivity contribution >= 4 is 5.91 Å². The molecule has 1 aromatic heterocycles. The first-order valence-corrected chi connectivity index (χ1v) is 9.28. The summed E-state index contributed by atoms with van der Waals surface area (Å²) in [4.78, 5) is 11.8. The van der Waals surface area contributed by atoms with Crippen LogP contribution < -0.4 is 10.5 Å². The Kier molecular flexibility index (Phi) is 5.97. The van der Waals surface area contributed by atoms with Gasteiger partial charge in [-0.1, -0.05) is 42.5 Å². The number of carbonyl (C=O) groups excluding carboxylic acids is 1. The summed E-state index contributed by atoms with van der Waals surface area (Å²) in [5.74, 6) is 0.405. The SMILES string of the molecule is COc1cccc(-c2cc(C(N)=O)c(C)n2CCCCc2ccccc2)c1. The fourth-order valence-electron chi connectivity index (χ4n) is 3.45. The Hall–Kier alpha value is -3.01. The lowest BCUT2D eigenvalue weighted by molar-refractivity contribution is 0.0999. The van der Waals surface area contributed by atoms with Crippen LogP contribution in [0.1, 0.15) is 34.5 Å². The van der Waals surface area contributed by atoms with Crippen molar-refractivity contribution in [3.05, 3.63) is 77.5 Å². The summed E-state index contributed by atoms with van der Waals surface area (Å²) < 4.78 is 7.54. The molecule has 27 heavy (non-hydrogen) atoms. The van der Waals surface area contributed by atoms with Crippen LogP contribution in [-0.4, -0.2) is 17.6 Å². The molecule has 0 fully saturated rings. The van der Waals surface area contributed by atoms with E-state index in [1.165, 1.54) is 5.56 Å². The molecule has 2 aromatic carbocycles. The van der Waals surface area contributed by atoms with Gasteiger partial charge < -0.3 is 15.0 Å². The Morgan fingerprint density at radius 2 is 1.81 bits per heavy atom. The molecule has 1 amide bonds. The quantitative estimate of drug-likeness (QED) is 0.596. The van der Waals surface area contributed by atoms with E-state index in [2.05, 4.69) is 28.8 Å². The van der Waals surface area contributed by atoms with E-state index in [0.29, 0.717) is 5.56 Å². The summed E-state index contributed by atoms with van der Waals surface area (Å²) in [6, 6.07) is 20.3. The minimum absolute atomic E-state index is 0.389. The Morgan fingerprint density at radius 1 is 1.04 bits per heavy atom. The highest BCUT2D eigenvalue weighted by Crippen LogP contribution is 2.29. The molecular weight excluding hydrogens is 336 g/mol. The zero-order chi connectivity index (χ0) is 19.2. The van der Waals surface area contributed by atoms with Gasteiger partial charge in [0.1, 0.15) is 5.75 Å². The average molecular weight is 362 g/mol. The molecule has 2 N–H and O–H groups in total. The number of unbranched alkanes of at least 4 members (excludes halogenated alkanes) is 1. The Bertz CT molecular complexity index is 913. The molecule has 0 unspecified atom stereocenters. The lowest BCUT2D eigenvalue weighted by atomic mass is 10.1. The van der Waals surface area contributed by atoms with Gasteiger partial charge in [-0.05, 0) is 49.9 Å². The zero-order valence-corrected chi connectivity index (χ0v) is 15.9. The van der Waals surface area contributed by atoms with E-state index in [1.54, 1.807) is 7.11 Å². The van der Waals surface area contributed by atoms with Crippen LogP contribution in [0.2, 0.25) is 0 Å². The van der Waals surface area contributed by atoms with Crippen molar-refractivity contribution < 1.29 is 9.53 Å². The third-order valence-electron chi connectivity index (χ3n) is 4.94. The molecule has 1 heterocycles. The highest BCUT2D eigenvalue weighted by Gasteiger charge is 2.16. The second kappa shape index (κ2) is 8.58. The number of hydrogen-bond acceptors (Lipinski definition) is 2. The van der Waals surface area contributed by atoms with Crippen molar-refractivity contribution in [2.24, 2.45) is 5.73 Å². The van der Waals surface area contributed by atoms with Gasteiger partial charge in [0, 0.05) is 23.5 Å². The van der Waals surface area contributed by atoms with E-state index in [9.17, 15) is 4.79 Å². The van der Waals surface area contributed by atoms with Crippen molar-refractivity contribution in [1.29, 1.82) is 0 Å². The molecule has 0 atom stereocenters. The van der Waals surface area contributed by atoms with Gasteiger partial charge >= 0.3 is 0 Å². The molecule has 0 spiro atoms. The minimum atomic E-state index is -0.389. The van der Waals surface area contributed by atoms with Crippen molar-refractivity contribution in [2.75, 3.05) is 7.11 Å². The minimum Gasteiger partial charge on any atom is -0.497 e. The fraction of sp³-hybridized carbons (Fsp3) is 0.261. The predicted octanol–water partition coefficient (Wildman–Crippen LogP) is 4.59. The lowest BCUT2D eigenvalue weighted by Gasteiger charge is -2.13. The highest BCUT2D eigenvalue weighted by molar-refractivity contribution is 5.95. The van der Waals surface area contributed by atoms with Crippen LogP contribution in [0.5, 0.6) is 5.75 Å². The van der Waals surface area contributed by atoms with Crippen molar-refractivity contribution in [1.82, 2.24) is 4.57 Å². The Morgan fingerprint density at radius 3 is 2.52 bits per heavy atom. The molecule has 4 nitrogen and oxygen atoms in total. The van der Waals surface area contributed by atoms with Crippen molar-refractivity contribution in [3.63, 3.8) is 0 Å². The molecule has 0 aliphatic carbocycles. The van der Waals surface area contributed by atoms with E-state index < -0.39 is 0 Å². The Labute approximate surface area is 160 Å². The topological polar surface area (TPSA) is 57.2 Å². The summed E-state index contributed by atoms with van der Waals surface area (Å²) in [5, 5.41) is 0. The van der Waals surface area contributed by atoms with Crippen LogP contribution in [-0.2, 0) is 13.0 Å². The number of carbonyl (C=O) groups is 1. The average Bonchev–Trinajstić information content (AvgIpc) is 3.03. The highest BCUT2D eigenvalue weighted by atomic mass is 16.5. The second-order valence-electron chi connectivity index (χ2n) is 6.72. The molecule has 0 bridgehead atoms. The van der Waals surface area contributed by atoms with Crippen molar-refractivity contribution in [3.8, 4) is 17.0 Å². The molecule has 0 saturated heterocycles. The van der Waals surface area contributed by atoms with Crippen LogP contribution >= 0.6 is 0 Å². The van der Waals surface area contributed by atoms with Crippen LogP contribution in [0.25, 0.3) is 11.3 Å². The van der Waals surface area contributed by atoms with Gasteiger partial charge in [-0.25, -0.2) is 0 Å². The molecule has 3 aromatic rings. The first-order valence-electron chi connectivity index (χ1n) is 9.28. The first-order chi connectivity index (χ1) is 13.1. The lowest BCUT2D eigenvalue weighted by Crippen LogP contribution is -2.12. The molecule has 140 valence electrons. The van der Waals surface area contributed by atoms with Gasteiger partial charge in [-0.3, -0.25) is 4.79 Å². The maximum Gasteiger partial charge on any atom is 0.250 e. The summed E-state index contributed by atoms with van der Waals surface area (Å²) in [6.07, 6.45) is 3.17. The number of rotatable bonds is 8. The van der Waals surface area contributed by atoms with Crippen LogP contribution in [0.3, 0.4) is 0 Å². The standard InChI is InChI=1S/C23H26N2O2/c1-17-21(23(24)26)16-22(19-12-8-13-20(15-19)27-2)25(17)14-7-6-11-18-9-4-3-5-10-18/h3-5,8-10,12-13,15-16H,6-7,11,14H2,1-2H3,(H2,24,26). The third-order valence-corrected chi connectivity index (χ3v) is 4.94. The number of benzene rings is 2. The number of nitrogens with two attached hydrogens (primary N) is 1. The molecular formula is C23H26N2O2. The van der Waals surface area contributed by atoms with E-state index in [-0.39, 0.29) is 5.91 Å². The van der Waals surface area contributed by atoms with E-state index >= 15 is 0 Å². The number of aromatic nitrogens is 1. The second-order valence-corrected chi connectivity index (χ2v) is 6.72. The number of hydrogen-bond donors (Lipinski definition) is 1. The van der Waals surface area contributed by atoms with Crippen molar-refractivity contribution in [2.45, 2.75) is 32.7 Å². The van der Waals surface area contributed by atoms with E-state index in [1.807, 2.05) is 43.3 Å². The van der Waals surface area contributed by atoms with E-state index in [4.69, 9.17) is 10.5 Å². The van der Waals surface area contributed by atoms with Gasteiger partial charge in [-0.15, -0.1) is 0 Å². The maximum atomic E-state index is 11.8. The smallest absolute Gasteiger partial charge is 0.250 e. The fourth-order valence-corrected chi connectivity index (χ4v) is 3.45. The molecule has 4 heteroatoms. The largest absolute Gasteiger partial charge is 0.497 e. The predicted molar refractivity (Wildman–Crippen MR) is 109 cm³/mol. The van der Waals surface area contributed by atoms with Crippen LogP contribution in [0, 0.1) is 6.92 Å². The first kappa shape index (κ1) is 18.8. The van der Waals surface area contributed by atoms with Gasteiger partial charge in [0.25, 0.3) is 5.91 Å². The molecule has 0 aliphatic heterocycles. The number of aryl methyl sites for hydroxylation is 1. The Balaban J connectivity index is 1.81. The van der Waals surface area contributed by atoms with Gasteiger partial charge in [0.05, 0.1) is 12.7 Å². The molecule has 0 radical (unpaired) electrons.